The van der Waals surface area contributed by atoms with Crippen molar-refractivity contribution in [3.63, 3.8) is 0 Å². The van der Waals surface area contributed by atoms with E-state index in [2.05, 4.69) is 18.7 Å². The monoisotopic (exact) mass is 390 g/mol. The van der Waals surface area contributed by atoms with Crippen molar-refractivity contribution in [1.29, 1.82) is 0 Å². The third-order valence-electron chi connectivity index (χ3n) is 4.26. The molecular weight excluding hydrogens is 350 g/mol. The van der Waals surface area contributed by atoms with Crippen LogP contribution in [-0.4, -0.2) is 16.4 Å². The Bertz CT molecular complexity index is 293. The van der Waals surface area contributed by atoms with Gasteiger partial charge in [-0.1, -0.05) is 103 Å². The molecule has 0 aromatic rings. The van der Waals surface area contributed by atoms with E-state index in [1.54, 1.807) is 0 Å². The Kier molecular flexibility index (Phi) is 24.1. The van der Waals surface area contributed by atoms with E-state index < -0.39 is 6.72 Å². The molecular formula is C18H40NaO3PS. The summed E-state index contributed by atoms with van der Waals surface area (Å²) < 4.78 is 4.79. The normalized spacial score (nSPS) is 11.5. The van der Waals surface area contributed by atoms with Crippen LogP contribution < -0.4 is 29.6 Å². The van der Waals surface area contributed by atoms with Crippen molar-refractivity contribution in [3.8, 4) is 0 Å². The van der Waals surface area contributed by atoms with Gasteiger partial charge < -0.3 is 15.7 Å². The maximum atomic E-state index is 8.90. The molecule has 2 N–H and O–H groups in total. The zero-order chi connectivity index (χ0) is 17.2. The molecule has 3 nitrogen and oxygen atoms in total. The first-order valence-electron chi connectivity index (χ1n) is 9.76. The quantitative estimate of drug-likeness (QED) is 0.213. The summed E-state index contributed by atoms with van der Waals surface area (Å²) in [5.74, 6) is 0. The summed E-state index contributed by atoms with van der Waals surface area (Å²) in [6.45, 7) is -0.772. The van der Waals surface area contributed by atoms with Gasteiger partial charge in [-0.05, 0) is 18.2 Å². The third-order valence-corrected chi connectivity index (χ3v) is 5.09. The van der Waals surface area contributed by atoms with Gasteiger partial charge in [0.15, 0.2) is 0 Å². The Morgan fingerprint density at radius 3 is 1.25 bits per heavy atom. The van der Waals surface area contributed by atoms with Gasteiger partial charge >= 0.3 is 36.3 Å². The molecule has 0 rings (SSSR count). The second-order valence-electron chi connectivity index (χ2n) is 6.63. The van der Waals surface area contributed by atoms with Crippen molar-refractivity contribution in [2.24, 2.45) is 0 Å². The van der Waals surface area contributed by atoms with Gasteiger partial charge in [-0.15, -0.1) is 0 Å². The summed E-state index contributed by atoms with van der Waals surface area (Å²) in [4.78, 5) is 17.8. The molecule has 0 unspecified atom stereocenters. The van der Waals surface area contributed by atoms with E-state index in [9.17, 15) is 0 Å². The zero-order valence-electron chi connectivity index (χ0n) is 17.2. The van der Waals surface area contributed by atoms with Gasteiger partial charge in [0.2, 0.25) is 0 Å². The van der Waals surface area contributed by atoms with Crippen LogP contribution in [0.2, 0.25) is 0 Å². The largest absolute Gasteiger partial charge is 1.00 e. The molecule has 142 valence electrons. The topological polar surface area (TPSA) is 49.7 Å². The maximum Gasteiger partial charge on any atom is 1.00 e. The fourth-order valence-electron chi connectivity index (χ4n) is 2.83. The van der Waals surface area contributed by atoms with Crippen LogP contribution in [0.15, 0.2) is 0 Å². The van der Waals surface area contributed by atoms with Crippen molar-refractivity contribution in [2.75, 3.05) is 6.61 Å². The van der Waals surface area contributed by atoms with Gasteiger partial charge in [-0.3, -0.25) is 0 Å². The average Bonchev–Trinajstić information content (AvgIpc) is 2.49. The predicted molar refractivity (Wildman–Crippen MR) is 105 cm³/mol. The summed E-state index contributed by atoms with van der Waals surface area (Å²) >= 11 is 4.40. The minimum absolute atomic E-state index is 0. The van der Waals surface area contributed by atoms with Crippen LogP contribution >= 0.6 is 6.72 Å². The first-order valence-corrected chi connectivity index (χ1v) is 12.4. The predicted octanol–water partition coefficient (Wildman–Crippen LogP) is 3.59. The van der Waals surface area contributed by atoms with E-state index in [4.69, 9.17) is 14.3 Å². The first-order chi connectivity index (χ1) is 11.1. The third kappa shape index (κ3) is 25.8. The maximum absolute atomic E-state index is 8.90. The fraction of sp³-hybridized carbons (Fsp3) is 1.00. The van der Waals surface area contributed by atoms with E-state index in [0.717, 1.165) is 12.8 Å². The summed E-state index contributed by atoms with van der Waals surface area (Å²) in [6, 6.07) is 0. The van der Waals surface area contributed by atoms with Gasteiger partial charge in [0, 0.05) is 0 Å². The molecule has 0 amide bonds. The van der Waals surface area contributed by atoms with Crippen molar-refractivity contribution in [1.82, 2.24) is 0 Å². The minimum Gasteiger partial charge on any atom is -1.00 e. The average molecular weight is 391 g/mol. The van der Waals surface area contributed by atoms with Crippen LogP contribution in [0.1, 0.15) is 111 Å². The number of rotatable bonds is 18. The van der Waals surface area contributed by atoms with Crippen LogP contribution in [0.4, 0.5) is 0 Å². The molecule has 0 spiro atoms. The molecule has 0 aliphatic carbocycles. The number of hydrogen-bond acceptors (Lipinski definition) is 2. The summed E-state index contributed by atoms with van der Waals surface area (Å²) in [6.07, 6.45) is 21.3. The summed E-state index contributed by atoms with van der Waals surface area (Å²) in [5, 5.41) is 0. The Labute approximate surface area is 179 Å². The fourth-order valence-corrected chi connectivity index (χ4v) is 3.42. The van der Waals surface area contributed by atoms with Gasteiger partial charge in [0.05, 0.1) is 6.61 Å². The van der Waals surface area contributed by atoms with Crippen LogP contribution in [0.5, 0.6) is 0 Å². The van der Waals surface area contributed by atoms with Gasteiger partial charge in [-0.2, -0.15) is 0 Å². The van der Waals surface area contributed by atoms with Gasteiger partial charge in [0.25, 0.3) is 0 Å². The van der Waals surface area contributed by atoms with E-state index in [1.165, 1.54) is 89.9 Å². The molecule has 0 saturated heterocycles. The van der Waals surface area contributed by atoms with Gasteiger partial charge in [0.1, 0.15) is 0 Å². The molecule has 0 heterocycles. The SMILES string of the molecule is CCCCCCCCCCCCCCCCCCOP(O)(O)=S.[H-].[Na+]. The molecule has 0 aromatic heterocycles. The molecule has 0 atom stereocenters. The molecule has 0 aliphatic rings. The molecule has 0 bridgehead atoms. The van der Waals surface area contributed by atoms with E-state index in [0.29, 0.717) is 6.61 Å². The van der Waals surface area contributed by atoms with Crippen LogP contribution in [0.3, 0.4) is 0 Å². The smallest absolute Gasteiger partial charge is 1.00 e. The Balaban J connectivity index is -0.00000242. The molecule has 0 fully saturated rings. The minimum atomic E-state index is -3.42. The van der Waals surface area contributed by atoms with E-state index >= 15 is 0 Å². The zero-order valence-corrected chi connectivity index (χ0v) is 19.9. The molecule has 6 heteroatoms. The Morgan fingerprint density at radius 1 is 0.667 bits per heavy atom. The van der Waals surface area contributed by atoms with Crippen molar-refractivity contribution in [2.45, 2.75) is 110 Å². The summed E-state index contributed by atoms with van der Waals surface area (Å²) in [5.41, 5.74) is 0. The molecule has 0 saturated carbocycles. The summed E-state index contributed by atoms with van der Waals surface area (Å²) in [7, 11) is 0. The van der Waals surface area contributed by atoms with Gasteiger partial charge in [-0.25, -0.2) is 0 Å². The molecule has 0 aliphatic heterocycles. The second-order valence-corrected chi connectivity index (χ2v) is 9.29. The number of hydrogen-bond donors (Lipinski definition) is 2. The van der Waals surface area contributed by atoms with Crippen molar-refractivity contribution >= 4 is 18.5 Å². The molecule has 0 aromatic carbocycles. The van der Waals surface area contributed by atoms with Crippen molar-refractivity contribution < 1.29 is 45.3 Å². The Hall–Kier alpha value is 1.53. The standard InChI is InChI=1S/C18H39O3PS.Na.H/c1-2-3-4-5-6-7-8-9-10-11-12-13-14-15-16-17-18-21-22(19,20)23;;/h2-18H2,1H3,(H2,19,20,23);;/q;+1;-1. The van der Waals surface area contributed by atoms with Crippen LogP contribution in [-0.2, 0) is 16.3 Å². The van der Waals surface area contributed by atoms with Crippen LogP contribution in [0.25, 0.3) is 0 Å². The molecule has 24 heavy (non-hydrogen) atoms. The molecule has 0 radical (unpaired) electrons. The number of unbranched alkanes of at least 4 members (excludes halogenated alkanes) is 15. The second kappa shape index (κ2) is 20.8. The Morgan fingerprint density at radius 2 is 0.958 bits per heavy atom. The van der Waals surface area contributed by atoms with E-state index in [-0.39, 0.29) is 31.0 Å². The van der Waals surface area contributed by atoms with Crippen molar-refractivity contribution in [3.05, 3.63) is 0 Å². The van der Waals surface area contributed by atoms with Crippen LogP contribution in [0, 0.1) is 0 Å². The van der Waals surface area contributed by atoms with E-state index in [1.807, 2.05) is 0 Å². The first kappa shape index (κ1) is 27.7.